The van der Waals surface area contributed by atoms with Gasteiger partial charge in [0.1, 0.15) is 11.4 Å². The van der Waals surface area contributed by atoms with Crippen LogP contribution < -0.4 is 15.5 Å². The van der Waals surface area contributed by atoms with Crippen molar-refractivity contribution >= 4 is 23.4 Å². The highest BCUT2D eigenvalue weighted by Crippen LogP contribution is 2.42. The van der Waals surface area contributed by atoms with Gasteiger partial charge in [-0.3, -0.25) is 19.2 Å². The van der Waals surface area contributed by atoms with Crippen molar-refractivity contribution in [2.24, 2.45) is 17.8 Å². The minimum atomic E-state index is -4.44. The standard InChI is InChI=1S/C32H41F5N10O2/c1-2-46-25(7-10-39-46)29(49)41-26(19-5-8-31(33,34)9-6-19)24-18-47-30(40-24)42-27(45-13-12-44-11-3-4-22(44)17-45)23(43-47)15-20-14-21(32(35,36)37)16-38-28(20)48/h7,10,18-22,26H,2-6,8-9,11-17H2,1H3,(H,38,48)(H,41,49)/t20-,21-,22-,26+/m1/s1. The van der Waals surface area contributed by atoms with E-state index in [-0.39, 0.29) is 50.2 Å². The molecule has 6 heterocycles. The summed E-state index contributed by atoms with van der Waals surface area (Å²) in [6, 6.07) is 1.16. The minimum absolute atomic E-state index is 0.0477. The molecule has 0 bridgehead atoms. The Morgan fingerprint density at radius 1 is 1.14 bits per heavy atom. The summed E-state index contributed by atoms with van der Waals surface area (Å²) in [4.78, 5) is 40.5. The predicted octanol–water partition coefficient (Wildman–Crippen LogP) is 3.78. The Morgan fingerprint density at radius 2 is 1.94 bits per heavy atom. The van der Waals surface area contributed by atoms with Gasteiger partial charge in [-0.25, -0.2) is 18.3 Å². The smallest absolute Gasteiger partial charge is 0.355 e. The third-order valence-corrected chi connectivity index (χ3v) is 10.7. The van der Waals surface area contributed by atoms with E-state index in [1.165, 1.54) is 10.7 Å². The van der Waals surface area contributed by atoms with Gasteiger partial charge in [0.2, 0.25) is 11.8 Å². The van der Waals surface area contributed by atoms with Crippen molar-refractivity contribution in [3.05, 3.63) is 35.5 Å². The summed E-state index contributed by atoms with van der Waals surface area (Å²) in [7, 11) is 0. The summed E-state index contributed by atoms with van der Waals surface area (Å²) < 4.78 is 72.5. The number of halogens is 5. The van der Waals surface area contributed by atoms with Gasteiger partial charge in [-0.15, -0.1) is 0 Å². The minimum Gasteiger partial charge on any atom is -0.355 e. The maximum atomic E-state index is 14.2. The molecule has 2 N–H and O–H groups in total. The highest BCUT2D eigenvalue weighted by atomic mass is 19.4. The number of aryl methyl sites for hydroxylation is 1. The molecule has 266 valence electrons. The lowest BCUT2D eigenvalue weighted by molar-refractivity contribution is -0.183. The average Bonchev–Trinajstić information content (AvgIpc) is 3.83. The van der Waals surface area contributed by atoms with E-state index in [0.29, 0.717) is 48.6 Å². The Bertz CT molecular complexity index is 1680. The van der Waals surface area contributed by atoms with E-state index < -0.39 is 48.3 Å². The third kappa shape index (κ3) is 6.95. The molecule has 0 aromatic carbocycles. The van der Waals surface area contributed by atoms with Crippen molar-refractivity contribution in [2.75, 3.05) is 37.6 Å². The zero-order chi connectivity index (χ0) is 34.5. The first kappa shape index (κ1) is 33.6. The Hall–Kier alpha value is -3.89. The van der Waals surface area contributed by atoms with Gasteiger partial charge in [0.15, 0.2) is 5.82 Å². The molecule has 17 heteroatoms. The van der Waals surface area contributed by atoms with E-state index in [1.807, 2.05) is 6.92 Å². The van der Waals surface area contributed by atoms with Crippen LogP contribution in [0.2, 0.25) is 0 Å². The third-order valence-electron chi connectivity index (χ3n) is 10.7. The summed E-state index contributed by atoms with van der Waals surface area (Å²) in [5.41, 5.74) is 1.10. The van der Waals surface area contributed by atoms with Crippen LogP contribution in [0.4, 0.5) is 27.8 Å². The summed E-state index contributed by atoms with van der Waals surface area (Å²) in [6.07, 6.45) is 0.0755. The number of piperidine rings is 1. The number of imidazole rings is 1. The van der Waals surface area contributed by atoms with Crippen molar-refractivity contribution in [3.63, 3.8) is 0 Å². The molecule has 49 heavy (non-hydrogen) atoms. The van der Waals surface area contributed by atoms with Gasteiger partial charge in [-0.1, -0.05) is 0 Å². The number of nitrogens with one attached hydrogen (secondary N) is 2. The number of carbonyl (C=O) groups is 2. The van der Waals surface area contributed by atoms with Crippen LogP contribution in [0.5, 0.6) is 0 Å². The number of alkyl halides is 5. The molecule has 3 saturated heterocycles. The lowest BCUT2D eigenvalue weighted by Crippen LogP contribution is -2.51. The number of rotatable bonds is 8. The second-order valence-corrected chi connectivity index (χ2v) is 13.9. The number of anilines is 1. The molecule has 1 saturated carbocycles. The monoisotopic (exact) mass is 692 g/mol. The first-order valence-electron chi connectivity index (χ1n) is 17.2. The van der Waals surface area contributed by atoms with Crippen molar-refractivity contribution < 1.29 is 31.5 Å². The number of fused-ring (bicyclic) bond motifs is 2. The number of amides is 2. The normalized spacial score (nSPS) is 25.7. The molecule has 1 aliphatic carbocycles. The molecule has 3 aromatic heterocycles. The quantitative estimate of drug-likeness (QED) is 0.342. The molecule has 12 nitrogen and oxygen atoms in total. The van der Waals surface area contributed by atoms with Crippen LogP contribution in [0.3, 0.4) is 0 Å². The molecule has 7 rings (SSSR count). The summed E-state index contributed by atoms with van der Waals surface area (Å²) >= 11 is 0. The zero-order valence-corrected chi connectivity index (χ0v) is 27.3. The number of nitrogens with zero attached hydrogens (tertiary/aromatic N) is 8. The van der Waals surface area contributed by atoms with Crippen LogP contribution in [0.25, 0.3) is 5.78 Å². The molecule has 0 unspecified atom stereocenters. The van der Waals surface area contributed by atoms with Gasteiger partial charge in [-0.05, 0) is 57.6 Å². The second-order valence-electron chi connectivity index (χ2n) is 13.9. The molecule has 2 amide bonds. The van der Waals surface area contributed by atoms with Crippen molar-refractivity contribution in [2.45, 2.75) is 89.0 Å². The molecule has 4 fully saturated rings. The number of piperazine rings is 1. The first-order valence-corrected chi connectivity index (χ1v) is 17.2. The maximum Gasteiger partial charge on any atom is 0.393 e. The predicted molar refractivity (Wildman–Crippen MR) is 167 cm³/mol. The van der Waals surface area contributed by atoms with Gasteiger partial charge in [-0.2, -0.15) is 28.4 Å². The first-order chi connectivity index (χ1) is 23.4. The van der Waals surface area contributed by atoms with E-state index >= 15 is 0 Å². The molecule has 3 aromatic rings. The van der Waals surface area contributed by atoms with Crippen molar-refractivity contribution in [1.29, 1.82) is 0 Å². The molecular formula is C32H41F5N10O2. The van der Waals surface area contributed by atoms with Gasteiger partial charge >= 0.3 is 6.18 Å². The second kappa shape index (κ2) is 13.1. The summed E-state index contributed by atoms with van der Waals surface area (Å²) in [6.45, 7) is 4.96. The lowest BCUT2D eigenvalue weighted by Gasteiger charge is -2.38. The van der Waals surface area contributed by atoms with Crippen LogP contribution in [-0.4, -0.2) is 96.9 Å². The fraction of sp³-hybridized carbons (Fsp3) is 0.688. The van der Waals surface area contributed by atoms with E-state index in [4.69, 9.17) is 15.1 Å². The zero-order valence-electron chi connectivity index (χ0n) is 27.3. The van der Waals surface area contributed by atoms with Crippen molar-refractivity contribution in [1.82, 2.24) is 44.9 Å². The van der Waals surface area contributed by atoms with Crippen LogP contribution in [0.1, 0.15) is 79.8 Å². The molecular weight excluding hydrogens is 651 g/mol. The van der Waals surface area contributed by atoms with Crippen LogP contribution in [0, 0.1) is 17.8 Å². The van der Waals surface area contributed by atoms with Gasteiger partial charge in [0, 0.05) is 70.1 Å². The Kier molecular flexibility index (Phi) is 8.98. The molecule has 4 atom stereocenters. The van der Waals surface area contributed by atoms with E-state index in [0.717, 1.165) is 25.9 Å². The van der Waals surface area contributed by atoms with Gasteiger partial charge in [0.25, 0.3) is 11.7 Å². The maximum absolute atomic E-state index is 14.2. The van der Waals surface area contributed by atoms with Crippen LogP contribution in [0.15, 0.2) is 18.5 Å². The molecule has 0 spiro atoms. The molecule has 0 radical (unpaired) electrons. The van der Waals surface area contributed by atoms with E-state index in [1.54, 1.807) is 16.9 Å². The number of aromatic nitrogens is 6. The van der Waals surface area contributed by atoms with E-state index in [2.05, 4.69) is 25.5 Å². The number of hydrogen-bond donors (Lipinski definition) is 2. The SMILES string of the molecule is CCn1nccc1C(=O)N[C@H](c1cn2nc(C[C@H]3C[C@@H](C(F)(F)F)CNC3=O)c(N3CCN4CCC[C@@H]4C3)nc2n1)C1CCC(F)(F)CC1. The lowest BCUT2D eigenvalue weighted by atomic mass is 9.81. The molecule has 4 aliphatic rings. The highest BCUT2D eigenvalue weighted by molar-refractivity contribution is 5.92. The Labute approximate surface area is 279 Å². The summed E-state index contributed by atoms with van der Waals surface area (Å²) in [5, 5.41) is 14.4. The van der Waals surface area contributed by atoms with E-state index in [9.17, 15) is 31.5 Å². The Balaban J connectivity index is 1.24. The average molecular weight is 693 g/mol. The summed E-state index contributed by atoms with van der Waals surface area (Å²) in [5.74, 6) is -5.93. The molecule has 3 aliphatic heterocycles. The fourth-order valence-electron chi connectivity index (χ4n) is 7.96. The topological polar surface area (TPSA) is 126 Å². The number of hydrogen-bond acceptors (Lipinski definition) is 8. The van der Waals surface area contributed by atoms with Gasteiger partial charge in [0.05, 0.1) is 23.9 Å². The highest BCUT2D eigenvalue weighted by Gasteiger charge is 2.45. The van der Waals surface area contributed by atoms with Crippen LogP contribution >= 0.6 is 0 Å². The number of carbonyl (C=O) groups excluding carboxylic acids is 2. The van der Waals surface area contributed by atoms with Gasteiger partial charge < -0.3 is 15.5 Å². The Morgan fingerprint density at radius 3 is 2.69 bits per heavy atom. The van der Waals surface area contributed by atoms with Crippen LogP contribution in [-0.2, 0) is 17.8 Å². The van der Waals surface area contributed by atoms with Crippen molar-refractivity contribution in [3.8, 4) is 0 Å². The fourth-order valence-corrected chi connectivity index (χ4v) is 7.96. The largest absolute Gasteiger partial charge is 0.393 e.